The third-order valence-electron chi connectivity index (χ3n) is 4.40. The van der Waals surface area contributed by atoms with Gasteiger partial charge >= 0.3 is 0 Å². The van der Waals surface area contributed by atoms with Crippen LogP contribution in [-0.2, 0) is 0 Å². The van der Waals surface area contributed by atoms with E-state index in [1.54, 1.807) is 18.0 Å². The van der Waals surface area contributed by atoms with Gasteiger partial charge in [0.05, 0.1) is 0 Å². The number of anilines is 2. The van der Waals surface area contributed by atoms with Crippen LogP contribution in [0.15, 0.2) is 47.6 Å². The SMILES string of the molecule is CCC(Sc1nsc(Nc2ccnc(C(C)C)c2)c1C(N)=O)c1ccc(Cl)cc1. The summed E-state index contributed by atoms with van der Waals surface area (Å²) in [5, 5.41) is 5.43. The van der Waals surface area contributed by atoms with E-state index in [0.29, 0.717) is 26.5 Å². The molecule has 0 aliphatic rings. The highest BCUT2D eigenvalue weighted by molar-refractivity contribution is 7.99. The molecule has 0 aliphatic heterocycles. The first-order chi connectivity index (χ1) is 13.9. The molecule has 0 fully saturated rings. The fourth-order valence-corrected chi connectivity index (χ4v) is 5.07. The maximum absolute atomic E-state index is 12.2. The quantitative estimate of drug-likeness (QED) is 0.391. The highest BCUT2D eigenvalue weighted by Gasteiger charge is 2.23. The number of carbonyl (C=O) groups excluding carboxylic acids is 1. The lowest BCUT2D eigenvalue weighted by atomic mass is 10.1. The van der Waals surface area contributed by atoms with Crippen LogP contribution in [0.25, 0.3) is 0 Å². The lowest BCUT2D eigenvalue weighted by Crippen LogP contribution is -2.13. The minimum atomic E-state index is -0.493. The van der Waals surface area contributed by atoms with Gasteiger partial charge < -0.3 is 11.1 Å². The molecule has 5 nitrogen and oxygen atoms in total. The van der Waals surface area contributed by atoms with E-state index in [-0.39, 0.29) is 5.25 Å². The van der Waals surface area contributed by atoms with Crippen molar-refractivity contribution in [3.63, 3.8) is 0 Å². The lowest BCUT2D eigenvalue weighted by Gasteiger charge is -2.14. The predicted octanol–water partition coefficient (Wildman–Crippen LogP) is 6.40. The van der Waals surface area contributed by atoms with Crippen LogP contribution >= 0.6 is 34.9 Å². The van der Waals surface area contributed by atoms with Crippen molar-refractivity contribution in [1.29, 1.82) is 0 Å². The van der Waals surface area contributed by atoms with Crippen LogP contribution in [-0.4, -0.2) is 15.3 Å². The molecular weight excluding hydrogens is 424 g/mol. The number of hydrogen-bond acceptors (Lipinski definition) is 6. The van der Waals surface area contributed by atoms with E-state index in [1.165, 1.54) is 11.5 Å². The average Bonchev–Trinajstić information content (AvgIpc) is 3.09. The van der Waals surface area contributed by atoms with Crippen molar-refractivity contribution in [2.45, 2.75) is 43.4 Å². The molecule has 3 rings (SSSR count). The number of thioether (sulfide) groups is 1. The van der Waals surface area contributed by atoms with Crippen LogP contribution in [0.1, 0.15) is 60.0 Å². The van der Waals surface area contributed by atoms with Gasteiger partial charge in [0.15, 0.2) is 0 Å². The summed E-state index contributed by atoms with van der Waals surface area (Å²) in [6, 6.07) is 11.6. The van der Waals surface area contributed by atoms with Gasteiger partial charge in [0.25, 0.3) is 5.91 Å². The molecule has 0 aliphatic carbocycles. The molecule has 0 saturated carbocycles. The van der Waals surface area contributed by atoms with E-state index in [9.17, 15) is 4.79 Å². The number of amides is 1. The van der Waals surface area contributed by atoms with Gasteiger partial charge in [-0.3, -0.25) is 9.78 Å². The first-order valence-electron chi connectivity index (χ1n) is 9.33. The number of pyridine rings is 1. The number of nitrogens with two attached hydrogens (primary N) is 1. The van der Waals surface area contributed by atoms with Gasteiger partial charge in [-0.05, 0) is 53.7 Å². The summed E-state index contributed by atoms with van der Waals surface area (Å²) < 4.78 is 4.52. The number of carbonyl (C=O) groups is 1. The monoisotopic (exact) mass is 446 g/mol. The maximum atomic E-state index is 12.2. The Morgan fingerprint density at radius 3 is 2.62 bits per heavy atom. The first kappa shape index (κ1) is 21.6. The van der Waals surface area contributed by atoms with Crippen molar-refractivity contribution in [1.82, 2.24) is 9.36 Å². The normalized spacial score (nSPS) is 12.2. The van der Waals surface area contributed by atoms with E-state index in [0.717, 1.165) is 23.4 Å². The van der Waals surface area contributed by atoms with Crippen LogP contribution in [0.2, 0.25) is 5.02 Å². The Balaban J connectivity index is 1.87. The number of nitrogens with zero attached hydrogens (tertiary/aromatic N) is 2. The minimum Gasteiger partial charge on any atom is -0.365 e. The molecular formula is C21H23ClN4OS2. The van der Waals surface area contributed by atoms with Crippen LogP contribution in [0.4, 0.5) is 10.7 Å². The molecule has 1 amide bonds. The zero-order chi connectivity index (χ0) is 21.0. The summed E-state index contributed by atoms with van der Waals surface area (Å²) in [4.78, 5) is 16.6. The van der Waals surface area contributed by atoms with Gasteiger partial charge in [-0.25, -0.2) is 0 Å². The van der Waals surface area contributed by atoms with Crippen molar-refractivity contribution >= 4 is 51.5 Å². The number of aromatic nitrogens is 2. The summed E-state index contributed by atoms with van der Waals surface area (Å²) in [5.74, 6) is -0.183. The summed E-state index contributed by atoms with van der Waals surface area (Å²) in [6.45, 7) is 6.28. The molecule has 1 aromatic carbocycles. The highest BCUT2D eigenvalue weighted by atomic mass is 35.5. The Bertz CT molecular complexity index is 989. The molecule has 0 radical (unpaired) electrons. The van der Waals surface area contributed by atoms with Gasteiger partial charge in [-0.15, -0.1) is 0 Å². The largest absolute Gasteiger partial charge is 0.365 e. The van der Waals surface area contributed by atoms with E-state index >= 15 is 0 Å². The number of hydrogen-bond donors (Lipinski definition) is 2. The van der Waals surface area contributed by atoms with Crippen molar-refractivity contribution in [2.24, 2.45) is 5.73 Å². The van der Waals surface area contributed by atoms with Crippen molar-refractivity contribution in [3.05, 3.63) is 64.4 Å². The fourth-order valence-electron chi connectivity index (χ4n) is 2.83. The van der Waals surface area contributed by atoms with Crippen molar-refractivity contribution < 1.29 is 4.79 Å². The van der Waals surface area contributed by atoms with Gasteiger partial charge in [0.2, 0.25) is 0 Å². The van der Waals surface area contributed by atoms with Crippen LogP contribution in [0.5, 0.6) is 0 Å². The third kappa shape index (κ3) is 5.29. The molecule has 2 aromatic heterocycles. The van der Waals surface area contributed by atoms with E-state index in [1.807, 2.05) is 36.4 Å². The summed E-state index contributed by atoms with van der Waals surface area (Å²) in [5.41, 5.74) is 9.11. The Hall–Kier alpha value is -2.09. The second kappa shape index (κ2) is 9.61. The third-order valence-corrected chi connectivity index (χ3v) is 6.94. The Labute approximate surface area is 184 Å². The maximum Gasteiger partial charge on any atom is 0.254 e. The number of benzene rings is 1. The molecule has 152 valence electrons. The van der Waals surface area contributed by atoms with Gasteiger partial charge in [-0.1, -0.05) is 56.3 Å². The molecule has 1 atom stereocenters. The zero-order valence-corrected chi connectivity index (χ0v) is 18.9. The molecule has 0 saturated heterocycles. The van der Waals surface area contributed by atoms with Gasteiger partial charge in [0.1, 0.15) is 15.6 Å². The second-order valence-corrected chi connectivity index (χ2v) is 9.27. The molecule has 8 heteroatoms. The average molecular weight is 447 g/mol. The van der Waals surface area contributed by atoms with Crippen LogP contribution in [0.3, 0.4) is 0 Å². The zero-order valence-electron chi connectivity index (χ0n) is 16.5. The smallest absolute Gasteiger partial charge is 0.254 e. The number of rotatable bonds is 8. The summed E-state index contributed by atoms with van der Waals surface area (Å²) in [7, 11) is 0. The summed E-state index contributed by atoms with van der Waals surface area (Å²) in [6.07, 6.45) is 2.64. The van der Waals surface area contributed by atoms with Crippen molar-refractivity contribution in [3.8, 4) is 0 Å². The van der Waals surface area contributed by atoms with Gasteiger partial charge in [-0.2, -0.15) is 4.37 Å². The predicted molar refractivity (Wildman–Crippen MR) is 123 cm³/mol. The van der Waals surface area contributed by atoms with E-state index in [4.69, 9.17) is 17.3 Å². The number of nitrogens with one attached hydrogen (secondary N) is 1. The molecule has 29 heavy (non-hydrogen) atoms. The molecule has 3 N–H and O–H groups in total. The molecule has 1 unspecified atom stereocenters. The number of primary amides is 1. The molecule has 0 bridgehead atoms. The molecule has 3 aromatic rings. The van der Waals surface area contributed by atoms with Crippen LogP contribution in [0, 0.1) is 0 Å². The highest BCUT2D eigenvalue weighted by Crippen LogP contribution is 2.42. The van der Waals surface area contributed by atoms with E-state index < -0.39 is 5.91 Å². The fraction of sp³-hybridized carbons (Fsp3) is 0.286. The molecule has 2 heterocycles. The van der Waals surface area contributed by atoms with Crippen LogP contribution < -0.4 is 11.1 Å². The van der Waals surface area contributed by atoms with Gasteiger partial charge in [0, 0.05) is 27.9 Å². The minimum absolute atomic E-state index is 0.147. The Morgan fingerprint density at radius 2 is 2.00 bits per heavy atom. The standard InChI is InChI=1S/C21H23ClN4OS2/c1-4-17(13-5-7-14(22)8-6-13)28-21-18(19(23)27)20(29-26-21)25-15-9-10-24-16(11-15)12(2)3/h5-12,17H,4H2,1-3H3,(H2,23,27)(H,24,25). The number of halogens is 1. The van der Waals surface area contributed by atoms with E-state index in [2.05, 4.69) is 35.4 Å². The first-order valence-corrected chi connectivity index (χ1v) is 11.4. The van der Waals surface area contributed by atoms with Crippen molar-refractivity contribution in [2.75, 3.05) is 5.32 Å². The summed E-state index contributed by atoms with van der Waals surface area (Å²) >= 11 is 8.79. The Kier molecular flexibility index (Phi) is 7.16. The lowest BCUT2D eigenvalue weighted by molar-refractivity contribution is 0.0998. The topological polar surface area (TPSA) is 80.9 Å². The Morgan fingerprint density at radius 1 is 1.28 bits per heavy atom. The second-order valence-electron chi connectivity index (χ2n) is 6.87. The molecule has 0 spiro atoms.